The molecule has 0 spiro atoms. The minimum absolute atomic E-state index is 0.127. The van der Waals surface area contributed by atoms with Crippen molar-refractivity contribution in [1.82, 2.24) is 0 Å². The van der Waals surface area contributed by atoms with Crippen molar-refractivity contribution < 1.29 is 28.6 Å². The summed E-state index contributed by atoms with van der Waals surface area (Å²) in [6.07, 6.45) is 76.0. The summed E-state index contributed by atoms with van der Waals surface area (Å²) >= 11 is 0. The molecule has 0 saturated heterocycles. The van der Waals surface area contributed by atoms with Gasteiger partial charge in [-0.2, -0.15) is 0 Å². The minimum atomic E-state index is -0.841. The standard InChI is InChI=1S/C61H96O6/c1-4-7-10-13-16-19-22-25-27-29-30-32-33-36-39-42-45-48-51-54-60(63)66-57-58(56-65-59(62)53-50-47-44-41-38-35-24-21-18-15-12-9-6-3)67-61(64)55-52-49-46-43-40-37-34-31-28-26-23-20-17-14-11-8-5-2/h7-8,10-11,16-17,19-20,25-28,30,32,34,36-37,39,43,45-46,48,58H,4-6,9,12-15,18,21-24,29,31,33,35,38,40-42,44,47,49-57H2,1-3H3/b10-7-,11-8-,19-16-,20-17-,27-25-,28-26-,32-30-,37-34-,39-36-,46-43-,48-45-/t58-/m1/s1. The highest BCUT2D eigenvalue weighted by Crippen LogP contribution is 2.14. The fourth-order valence-electron chi connectivity index (χ4n) is 6.74. The van der Waals surface area contributed by atoms with Crippen LogP contribution in [0.1, 0.15) is 213 Å². The van der Waals surface area contributed by atoms with Crippen LogP contribution in [0.2, 0.25) is 0 Å². The fourth-order valence-corrected chi connectivity index (χ4v) is 6.74. The van der Waals surface area contributed by atoms with E-state index >= 15 is 0 Å². The molecule has 0 aliphatic rings. The van der Waals surface area contributed by atoms with Crippen LogP contribution in [0.3, 0.4) is 0 Å². The number of carbonyl (C=O) groups excluding carboxylic acids is 3. The van der Waals surface area contributed by atoms with Crippen LogP contribution in [-0.4, -0.2) is 37.2 Å². The summed E-state index contributed by atoms with van der Waals surface area (Å²) in [6, 6.07) is 0. The molecule has 0 unspecified atom stereocenters. The normalized spacial score (nSPS) is 13.2. The zero-order chi connectivity index (χ0) is 48.6. The summed E-state index contributed by atoms with van der Waals surface area (Å²) in [7, 11) is 0. The van der Waals surface area contributed by atoms with Crippen LogP contribution in [0.25, 0.3) is 0 Å². The molecule has 0 aromatic carbocycles. The van der Waals surface area contributed by atoms with Crippen LogP contribution < -0.4 is 0 Å². The van der Waals surface area contributed by atoms with E-state index in [4.69, 9.17) is 14.2 Å². The van der Waals surface area contributed by atoms with Gasteiger partial charge in [0, 0.05) is 19.3 Å². The number of rotatable bonds is 46. The molecule has 0 saturated carbocycles. The van der Waals surface area contributed by atoms with E-state index in [1.165, 1.54) is 64.2 Å². The summed E-state index contributed by atoms with van der Waals surface area (Å²) in [6.45, 7) is 6.28. The van der Waals surface area contributed by atoms with Crippen molar-refractivity contribution in [2.75, 3.05) is 13.2 Å². The summed E-state index contributed by atoms with van der Waals surface area (Å²) in [4.78, 5) is 38.0. The number of ether oxygens (including phenoxy) is 3. The molecule has 0 aromatic heterocycles. The van der Waals surface area contributed by atoms with Crippen LogP contribution in [0.5, 0.6) is 0 Å². The maximum atomic E-state index is 12.8. The second-order valence-electron chi connectivity index (χ2n) is 17.0. The van der Waals surface area contributed by atoms with Crippen LogP contribution in [0.15, 0.2) is 134 Å². The van der Waals surface area contributed by atoms with Crippen molar-refractivity contribution in [1.29, 1.82) is 0 Å². The Hall–Kier alpha value is -4.45. The lowest BCUT2D eigenvalue weighted by Crippen LogP contribution is -2.30. The molecule has 0 aliphatic heterocycles. The molecule has 6 nitrogen and oxygen atoms in total. The average Bonchev–Trinajstić information content (AvgIpc) is 3.33. The van der Waals surface area contributed by atoms with Gasteiger partial charge in [-0.05, 0) is 96.3 Å². The molecule has 0 rings (SSSR count). The fraction of sp³-hybridized carbons (Fsp3) is 0.590. The largest absolute Gasteiger partial charge is 0.462 e. The lowest BCUT2D eigenvalue weighted by Gasteiger charge is -2.18. The zero-order valence-electron chi connectivity index (χ0n) is 42.9. The molecule has 0 aliphatic carbocycles. The van der Waals surface area contributed by atoms with Gasteiger partial charge in [0.15, 0.2) is 6.10 Å². The third-order valence-corrected chi connectivity index (χ3v) is 10.7. The number of esters is 3. The maximum absolute atomic E-state index is 12.8. The van der Waals surface area contributed by atoms with Crippen molar-refractivity contribution in [2.45, 2.75) is 219 Å². The van der Waals surface area contributed by atoms with Crippen molar-refractivity contribution in [3.8, 4) is 0 Å². The van der Waals surface area contributed by atoms with Gasteiger partial charge in [0.25, 0.3) is 0 Å². The van der Waals surface area contributed by atoms with E-state index in [1.807, 2.05) is 12.2 Å². The monoisotopic (exact) mass is 925 g/mol. The van der Waals surface area contributed by atoms with Crippen molar-refractivity contribution in [3.05, 3.63) is 134 Å². The predicted molar refractivity (Wildman–Crippen MR) is 288 cm³/mol. The lowest BCUT2D eigenvalue weighted by molar-refractivity contribution is -0.166. The molecule has 0 heterocycles. The van der Waals surface area contributed by atoms with Gasteiger partial charge >= 0.3 is 17.9 Å². The van der Waals surface area contributed by atoms with Gasteiger partial charge in [0.05, 0.1) is 0 Å². The Labute approximate surface area is 411 Å². The van der Waals surface area contributed by atoms with E-state index in [1.54, 1.807) is 0 Å². The molecule has 6 heteroatoms. The Morgan fingerprint density at radius 3 is 0.985 bits per heavy atom. The highest BCUT2D eigenvalue weighted by Gasteiger charge is 2.19. The molecular weight excluding hydrogens is 829 g/mol. The first kappa shape index (κ1) is 62.5. The van der Waals surface area contributed by atoms with Crippen LogP contribution >= 0.6 is 0 Å². The summed E-state index contributed by atoms with van der Waals surface area (Å²) < 4.78 is 16.7. The number of hydrogen-bond donors (Lipinski definition) is 0. The molecule has 0 aromatic rings. The van der Waals surface area contributed by atoms with Gasteiger partial charge in [-0.1, -0.05) is 231 Å². The molecule has 67 heavy (non-hydrogen) atoms. The Kier molecular flexibility index (Phi) is 50.6. The van der Waals surface area contributed by atoms with E-state index in [2.05, 4.69) is 142 Å². The Balaban J connectivity index is 4.61. The van der Waals surface area contributed by atoms with Gasteiger partial charge in [0.1, 0.15) is 13.2 Å². The molecule has 376 valence electrons. The average molecular weight is 925 g/mol. The molecule has 0 N–H and O–H groups in total. The second-order valence-corrected chi connectivity index (χ2v) is 17.0. The van der Waals surface area contributed by atoms with Crippen molar-refractivity contribution in [2.24, 2.45) is 0 Å². The topological polar surface area (TPSA) is 78.9 Å². The van der Waals surface area contributed by atoms with Crippen LogP contribution in [-0.2, 0) is 28.6 Å². The molecule has 1 atom stereocenters. The molecule has 0 radical (unpaired) electrons. The lowest BCUT2D eigenvalue weighted by atomic mass is 10.0. The second kappa shape index (κ2) is 54.2. The van der Waals surface area contributed by atoms with Gasteiger partial charge < -0.3 is 14.2 Å². The van der Waals surface area contributed by atoms with E-state index in [0.29, 0.717) is 19.3 Å². The summed E-state index contributed by atoms with van der Waals surface area (Å²) in [5.41, 5.74) is 0. The van der Waals surface area contributed by atoms with E-state index in [0.717, 1.165) is 96.3 Å². The van der Waals surface area contributed by atoms with Gasteiger partial charge in [-0.3, -0.25) is 14.4 Å². The third-order valence-electron chi connectivity index (χ3n) is 10.7. The molecular formula is C61H96O6. The highest BCUT2D eigenvalue weighted by molar-refractivity contribution is 5.71. The zero-order valence-corrected chi connectivity index (χ0v) is 42.9. The quantitative estimate of drug-likeness (QED) is 0.0262. The summed E-state index contributed by atoms with van der Waals surface area (Å²) in [5, 5.41) is 0. The van der Waals surface area contributed by atoms with E-state index in [9.17, 15) is 14.4 Å². The number of unbranched alkanes of at least 4 members (excludes halogenated alkanes) is 13. The molecule has 0 bridgehead atoms. The van der Waals surface area contributed by atoms with Crippen LogP contribution in [0.4, 0.5) is 0 Å². The third kappa shape index (κ3) is 52.4. The van der Waals surface area contributed by atoms with E-state index in [-0.39, 0.29) is 44.0 Å². The summed E-state index contributed by atoms with van der Waals surface area (Å²) in [5.74, 6) is -1.08. The highest BCUT2D eigenvalue weighted by atomic mass is 16.6. The van der Waals surface area contributed by atoms with Gasteiger partial charge in [0.2, 0.25) is 0 Å². The van der Waals surface area contributed by atoms with E-state index < -0.39 is 6.10 Å². The van der Waals surface area contributed by atoms with Gasteiger partial charge in [-0.15, -0.1) is 0 Å². The van der Waals surface area contributed by atoms with Crippen molar-refractivity contribution >= 4 is 17.9 Å². The molecule has 0 amide bonds. The first-order chi connectivity index (χ1) is 33.0. The molecule has 0 fully saturated rings. The smallest absolute Gasteiger partial charge is 0.306 e. The number of hydrogen-bond acceptors (Lipinski definition) is 6. The Bertz CT molecular complexity index is 1480. The maximum Gasteiger partial charge on any atom is 0.306 e. The van der Waals surface area contributed by atoms with Crippen molar-refractivity contribution in [3.63, 3.8) is 0 Å². The predicted octanol–water partition coefficient (Wildman–Crippen LogP) is 17.9. The Morgan fingerprint density at radius 1 is 0.313 bits per heavy atom. The van der Waals surface area contributed by atoms with Crippen LogP contribution in [0, 0.1) is 0 Å². The SMILES string of the molecule is CC/C=C\C/C=C\C/C=C\C/C=C\C/C=C\C/C=C\CCC(=O)OC[C@@H](COC(=O)CCCCCCCCCCCCCCC)OC(=O)CCC/C=C\C/C=C\C/C=C\C/C=C\C/C=C\CC. The number of allylic oxidation sites excluding steroid dienone is 22. The minimum Gasteiger partial charge on any atom is -0.462 e. The Morgan fingerprint density at radius 2 is 0.612 bits per heavy atom. The first-order valence-electron chi connectivity index (χ1n) is 26.7. The number of carbonyl (C=O) groups is 3. The first-order valence-corrected chi connectivity index (χ1v) is 26.7. The van der Waals surface area contributed by atoms with Gasteiger partial charge in [-0.25, -0.2) is 0 Å².